The van der Waals surface area contributed by atoms with Gasteiger partial charge in [-0.15, -0.1) is 0 Å². The Hall–Kier alpha value is -1.51. The van der Waals surface area contributed by atoms with Crippen molar-refractivity contribution < 1.29 is 4.74 Å². The predicted molar refractivity (Wildman–Crippen MR) is 75.2 cm³/mol. The van der Waals surface area contributed by atoms with Gasteiger partial charge in [0.15, 0.2) is 0 Å². The molecule has 18 heavy (non-hydrogen) atoms. The fourth-order valence-corrected chi connectivity index (χ4v) is 2.01. The summed E-state index contributed by atoms with van der Waals surface area (Å²) in [6.45, 7) is 1.02. The zero-order valence-corrected chi connectivity index (χ0v) is 10.9. The lowest BCUT2D eigenvalue weighted by molar-refractivity contribution is 0.325. The molecular weight excluding hydrogens is 246 g/mol. The van der Waals surface area contributed by atoms with E-state index in [1.807, 2.05) is 36.4 Å². The van der Waals surface area contributed by atoms with Gasteiger partial charge >= 0.3 is 0 Å². The summed E-state index contributed by atoms with van der Waals surface area (Å²) < 4.78 is 5.63. The Morgan fingerprint density at radius 2 is 1.83 bits per heavy atom. The van der Waals surface area contributed by atoms with Gasteiger partial charge in [0.2, 0.25) is 0 Å². The Balaban J connectivity index is 2.22. The van der Waals surface area contributed by atoms with E-state index in [1.54, 1.807) is 0 Å². The molecule has 0 spiro atoms. The molecule has 0 aromatic heterocycles. The molecule has 2 aromatic rings. The van der Waals surface area contributed by atoms with E-state index >= 15 is 0 Å². The van der Waals surface area contributed by atoms with E-state index < -0.39 is 0 Å². The first-order valence-corrected chi connectivity index (χ1v) is 6.32. The van der Waals surface area contributed by atoms with Gasteiger partial charge in [0, 0.05) is 18.0 Å². The lowest BCUT2D eigenvalue weighted by atomic mass is 10.0. The van der Waals surface area contributed by atoms with E-state index in [-0.39, 0.29) is 0 Å². The molecule has 2 nitrogen and oxygen atoms in total. The highest BCUT2D eigenvalue weighted by Gasteiger charge is 2.05. The third-order valence-electron chi connectivity index (χ3n) is 2.64. The Morgan fingerprint density at radius 3 is 2.56 bits per heavy atom. The Morgan fingerprint density at radius 1 is 1.06 bits per heavy atom. The third kappa shape index (κ3) is 3.49. The van der Waals surface area contributed by atoms with Crippen LogP contribution in [0.3, 0.4) is 0 Å². The number of benzene rings is 2. The van der Waals surface area contributed by atoms with Crippen molar-refractivity contribution in [1.82, 2.24) is 0 Å². The van der Waals surface area contributed by atoms with Gasteiger partial charge in [0.25, 0.3) is 0 Å². The van der Waals surface area contributed by atoms with Crippen LogP contribution in [-0.2, 0) is 6.42 Å². The van der Waals surface area contributed by atoms with Gasteiger partial charge in [-0.05, 0) is 29.3 Å². The van der Waals surface area contributed by atoms with Crippen LogP contribution in [0.15, 0.2) is 48.5 Å². The van der Waals surface area contributed by atoms with Crippen molar-refractivity contribution in [3.63, 3.8) is 0 Å². The van der Waals surface area contributed by atoms with E-state index in [4.69, 9.17) is 22.1 Å². The molecule has 0 atom stereocenters. The third-order valence-corrected chi connectivity index (χ3v) is 2.87. The largest absolute Gasteiger partial charge is 0.492 e. The normalized spacial score (nSPS) is 10.3. The molecule has 0 heterocycles. The number of halogens is 1. The van der Waals surface area contributed by atoms with Crippen molar-refractivity contribution in [2.24, 2.45) is 5.73 Å². The van der Waals surface area contributed by atoms with Crippen LogP contribution in [0.25, 0.3) is 0 Å². The van der Waals surface area contributed by atoms with Crippen molar-refractivity contribution in [1.29, 1.82) is 0 Å². The van der Waals surface area contributed by atoms with Gasteiger partial charge in [-0.25, -0.2) is 0 Å². The van der Waals surface area contributed by atoms with E-state index in [9.17, 15) is 0 Å². The number of nitrogens with two attached hydrogens (primary N) is 1. The second-order valence-electron chi connectivity index (χ2n) is 4.05. The summed E-state index contributed by atoms with van der Waals surface area (Å²) in [7, 11) is 0. The Kier molecular flexibility index (Phi) is 4.62. The molecule has 2 N–H and O–H groups in total. The zero-order valence-electron chi connectivity index (χ0n) is 10.1. The SMILES string of the molecule is NCCOc1ccc(Cl)cc1Cc1ccccc1. The first-order chi connectivity index (χ1) is 8.79. The van der Waals surface area contributed by atoms with Crippen LogP contribution in [0.1, 0.15) is 11.1 Å². The summed E-state index contributed by atoms with van der Waals surface area (Å²) in [5, 5.41) is 0.723. The second kappa shape index (κ2) is 6.43. The first-order valence-electron chi connectivity index (χ1n) is 5.95. The van der Waals surface area contributed by atoms with Gasteiger partial charge in [-0.2, -0.15) is 0 Å². The average molecular weight is 262 g/mol. The highest BCUT2D eigenvalue weighted by Crippen LogP contribution is 2.25. The molecule has 0 unspecified atom stereocenters. The summed E-state index contributed by atoms with van der Waals surface area (Å²) in [6, 6.07) is 15.9. The highest BCUT2D eigenvalue weighted by atomic mass is 35.5. The maximum absolute atomic E-state index is 6.04. The number of hydrogen-bond acceptors (Lipinski definition) is 2. The molecule has 0 radical (unpaired) electrons. The Labute approximate surface area is 112 Å². The quantitative estimate of drug-likeness (QED) is 0.897. The average Bonchev–Trinajstić information content (AvgIpc) is 2.39. The summed E-state index contributed by atoms with van der Waals surface area (Å²) in [6.07, 6.45) is 0.807. The minimum Gasteiger partial charge on any atom is -0.492 e. The van der Waals surface area contributed by atoms with Crippen molar-refractivity contribution in [3.05, 3.63) is 64.7 Å². The van der Waals surface area contributed by atoms with Crippen LogP contribution >= 0.6 is 11.6 Å². The molecule has 0 aliphatic heterocycles. The molecule has 0 aliphatic carbocycles. The van der Waals surface area contributed by atoms with E-state index in [0.29, 0.717) is 13.2 Å². The minimum absolute atomic E-state index is 0.507. The van der Waals surface area contributed by atoms with Gasteiger partial charge < -0.3 is 10.5 Å². The molecule has 94 valence electrons. The molecule has 0 amide bonds. The fraction of sp³-hybridized carbons (Fsp3) is 0.200. The van der Waals surface area contributed by atoms with Gasteiger partial charge in [0.05, 0.1) is 0 Å². The maximum atomic E-state index is 6.04. The van der Waals surface area contributed by atoms with Gasteiger partial charge in [-0.1, -0.05) is 41.9 Å². The summed E-state index contributed by atoms with van der Waals surface area (Å²) in [5.74, 6) is 0.855. The summed E-state index contributed by atoms with van der Waals surface area (Å²) in [5.41, 5.74) is 7.78. The highest BCUT2D eigenvalue weighted by molar-refractivity contribution is 6.30. The fourth-order valence-electron chi connectivity index (χ4n) is 1.81. The summed E-state index contributed by atoms with van der Waals surface area (Å²) in [4.78, 5) is 0. The van der Waals surface area contributed by atoms with Crippen LogP contribution in [-0.4, -0.2) is 13.2 Å². The molecule has 0 aliphatic rings. The monoisotopic (exact) mass is 261 g/mol. The van der Waals surface area contributed by atoms with Crippen LogP contribution in [0.2, 0.25) is 5.02 Å². The molecule has 0 bridgehead atoms. The van der Waals surface area contributed by atoms with E-state index in [1.165, 1.54) is 5.56 Å². The van der Waals surface area contributed by atoms with Gasteiger partial charge in [0.1, 0.15) is 12.4 Å². The van der Waals surface area contributed by atoms with E-state index in [2.05, 4.69) is 12.1 Å². The van der Waals surface area contributed by atoms with Gasteiger partial charge in [-0.3, -0.25) is 0 Å². The van der Waals surface area contributed by atoms with Crippen molar-refractivity contribution in [3.8, 4) is 5.75 Å². The topological polar surface area (TPSA) is 35.2 Å². The maximum Gasteiger partial charge on any atom is 0.122 e. The second-order valence-corrected chi connectivity index (χ2v) is 4.49. The van der Waals surface area contributed by atoms with Crippen LogP contribution in [0.4, 0.5) is 0 Å². The molecule has 0 saturated heterocycles. The number of rotatable bonds is 5. The van der Waals surface area contributed by atoms with Crippen molar-refractivity contribution in [2.45, 2.75) is 6.42 Å². The number of hydrogen-bond donors (Lipinski definition) is 1. The predicted octanol–water partition coefficient (Wildman–Crippen LogP) is 3.27. The molecule has 0 fully saturated rings. The molecule has 2 rings (SSSR count). The molecule has 0 saturated carbocycles. The molecule has 3 heteroatoms. The Bertz CT molecular complexity index is 499. The van der Waals surface area contributed by atoms with Crippen molar-refractivity contribution in [2.75, 3.05) is 13.2 Å². The van der Waals surface area contributed by atoms with Crippen LogP contribution in [0, 0.1) is 0 Å². The first kappa shape index (κ1) is 12.9. The lowest BCUT2D eigenvalue weighted by Crippen LogP contribution is -2.11. The van der Waals surface area contributed by atoms with E-state index in [0.717, 1.165) is 22.8 Å². The summed E-state index contributed by atoms with van der Waals surface area (Å²) >= 11 is 6.04. The molecular formula is C15H16ClNO. The zero-order chi connectivity index (χ0) is 12.8. The molecule has 2 aromatic carbocycles. The smallest absolute Gasteiger partial charge is 0.122 e. The van der Waals surface area contributed by atoms with Crippen molar-refractivity contribution >= 4 is 11.6 Å². The standard InChI is InChI=1S/C15H16ClNO/c16-14-6-7-15(18-9-8-17)13(11-14)10-12-4-2-1-3-5-12/h1-7,11H,8-10,17H2. The van der Waals surface area contributed by atoms with Crippen LogP contribution in [0.5, 0.6) is 5.75 Å². The number of ether oxygens (including phenoxy) is 1. The minimum atomic E-state index is 0.507. The lowest BCUT2D eigenvalue weighted by Gasteiger charge is -2.11. The van der Waals surface area contributed by atoms with Crippen LogP contribution < -0.4 is 10.5 Å².